The Morgan fingerprint density at radius 2 is 1.89 bits per heavy atom. The Kier molecular flexibility index (Phi) is 4.18. The SMILES string of the molecule is CCOc1cc(C=Nc2ccc(C)cc2)ccc1O. The Morgan fingerprint density at radius 1 is 1.16 bits per heavy atom. The van der Waals surface area contributed by atoms with E-state index >= 15 is 0 Å². The van der Waals surface area contributed by atoms with Crippen molar-refractivity contribution < 1.29 is 9.84 Å². The molecule has 0 spiro atoms. The van der Waals surface area contributed by atoms with Gasteiger partial charge in [0, 0.05) is 6.21 Å². The third-order valence-corrected chi connectivity index (χ3v) is 2.68. The van der Waals surface area contributed by atoms with Crippen LogP contribution < -0.4 is 4.74 Å². The van der Waals surface area contributed by atoms with Gasteiger partial charge in [0.2, 0.25) is 0 Å². The minimum Gasteiger partial charge on any atom is -0.504 e. The second-order valence-electron chi connectivity index (χ2n) is 4.25. The molecule has 0 saturated heterocycles. The molecule has 1 N–H and O–H groups in total. The maximum atomic E-state index is 9.61. The maximum Gasteiger partial charge on any atom is 0.161 e. The summed E-state index contributed by atoms with van der Waals surface area (Å²) < 4.78 is 5.33. The average molecular weight is 255 g/mol. The van der Waals surface area contributed by atoms with Gasteiger partial charge in [0.15, 0.2) is 11.5 Å². The summed E-state index contributed by atoms with van der Waals surface area (Å²) in [6.45, 7) is 4.44. The van der Waals surface area contributed by atoms with E-state index < -0.39 is 0 Å². The number of hydrogen-bond donors (Lipinski definition) is 1. The molecule has 2 aromatic rings. The molecule has 98 valence electrons. The molecular weight excluding hydrogens is 238 g/mol. The molecule has 0 heterocycles. The predicted molar refractivity (Wildman–Crippen MR) is 77.7 cm³/mol. The number of ether oxygens (including phenoxy) is 1. The molecule has 19 heavy (non-hydrogen) atoms. The van der Waals surface area contributed by atoms with Gasteiger partial charge in [0.25, 0.3) is 0 Å². The van der Waals surface area contributed by atoms with E-state index in [1.807, 2.05) is 38.1 Å². The molecule has 0 atom stereocenters. The van der Waals surface area contributed by atoms with Crippen molar-refractivity contribution in [2.75, 3.05) is 6.61 Å². The molecule has 0 amide bonds. The molecule has 2 rings (SSSR count). The minimum absolute atomic E-state index is 0.148. The molecule has 2 aromatic carbocycles. The summed E-state index contributed by atoms with van der Waals surface area (Å²) in [6, 6.07) is 13.2. The fourth-order valence-electron chi connectivity index (χ4n) is 1.66. The molecule has 3 nitrogen and oxygen atoms in total. The first-order chi connectivity index (χ1) is 9.19. The van der Waals surface area contributed by atoms with Gasteiger partial charge in [-0.3, -0.25) is 4.99 Å². The topological polar surface area (TPSA) is 41.8 Å². The molecule has 0 aliphatic carbocycles. The Bertz CT molecular complexity index is 574. The third-order valence-electron chi connectivity index (χ3n) is 2.68. The molecule has 0 saturated carbocycles. The molecule has 0 bridgehead atoms. The molecular formula is C16H17NO2. The number of aliphatic imine (C=N–C) groups is 1. The van der Waals surface area contributed by atoms with Crippen LogP contribution >= 0.6 is 0 Å². The van der Waals surface area contributed by atoms with Crippen molar-refractivity contribution in [3.8, 4) is 11.5 Å². The van der Waals surface area contributed by atoms with E-state index in [0.29, 0.717) is 12.4 Å². The third kappa shape index (κ3) is 3.58. The number of phenols is 1. The van der Waals surface area contributed by atoms with Crippen LogP contribution in [-0.2, 0) is 0 Å². The van der Waals surface area contributed by atoms with Crippen LogP contribution in [0.1, 0.15) is 18.1 Å². The number of phenolic OH excluding ortho intramolecular Hbond substituents is 1. The van der Waals surface area contributed by atoms with Gasteiger partial charge >= 0.3 is 0 Å². The van der Waals surface area contributed by atoms with Gasteiger partial charge in [-0.2, -0.15) is 0 Å². The van der Waals surface area contributed by atoms with Crippen LogP contribution in [0.15, 0.2) is 47.5 Å². The van der Waals surface area contributed by atoms with Crippen LogP contribution in [0.5, 0.6) is 11.5 Å². The summed E-state index contributed by atoms with van der Waals surface area (Å²) in [7, 11) is 0. The lowest BCUT2D eigenvalue weighted by atomic mass is 10.2. The zero-order chi connectivity index (χ0) is 13.7. The minimum atomic E-state index is 0.148. The molecule has 0 aliphatic rings. The van der Waals surface area contributed by atoms with Gasteiger partial charge in [-0.1, -0.05) is 17.7 Å². The van der Waals surface area contributed by atoms with Crippen molar-refractivity contribution in [1.82, 2.24) is 0 Å². The number of benzene rings is 2. The second kappa shape index (κ2) is 6.05. The zero-order valence-electron chi connectivity index (χ0n) is 11.1. The van der Waals surface area contributed by atoms with Crippen LogP contribution in [0.25, 0.3) is 0 Å². The van der Waals surface area contributed by atoms with Crippen molar-refractivity contribution in [2.24, 2.45) is 4.99 Å². The lowest BCUT2D eigenvalue weighted by Gasteiger charge is -2.05. The highest BCUT2D eigenvalue weighted by atomic mass is 16.5. The highest BCUT2D eigenvalue weighted by Gasteiger charge is 2.01. The maximum absolute atomic E-state index is 9.61. The average Bonchev–Trinajstić information content (AvgIpc) is 2.42. The van der Waals surface area contributed by atoms with E-state index in [1.54, 1.807) is 24.4 Å². The standard InChI is InChI=1S/C16H17NO2/c1-3-19-16-10-13(6-9-15(16)18)11-17-14-7-4-12(2)5-8-14/h4-11,18H,3H2,1-2H3. The smallest absolute Gasteiger partial charge is 0.161 e. The molecule has 0 unspecified atom stereocenters. The van der Waals surface area contributed by atoms with E-state index in [4.69, 9.17) is 4.74 Å². The first kappa shape index (κ1) is 13.1. The van der Waals surface area contributed by atoms with E-state index in [2.05, 4.69) is 4.99 Å². The summed E-state index contributed by atoms with van der Waals surface area (Å²) in [4.78, 5) is 4.39. The summed E-state index contributed by atoms with van der Waals surface area (Å²) in [5.41, 5.74) is 3.00. The van der Waals surface area contributed by atoms with E-state index in [-0.39, 0.29) is 5.75 Å². The number of rotatable bonds is 4. The van der Waals surface area contributed by atoms with Crippen LogP contribution in [0.4, 0.5) is 5.69 Å². The normalized spacial score (nSPS) is 10.8. The Labute approximate surface area is 113 Å². The highest BCUT2D eigenvalue weighted by Crippen LogP contribution is 2.26. The van der Waals surface area contributed by atoms with E-state index in [0.717, 1.165) is 11.3 Å². The quantitative estimate of drug-likeness (QED) is 0.843. The number of aryl methyl sites for hydroxylation is 1. The van der Waals surface area contributed by atoms with Crippen LogP contribution in [0.2, 0.25) is 0 Å². The monoisotopic (exact) mass is 255 g/mol. The van der Waals surface area contributed by atoms with E-state index in [1.165, 1.54) is 5.56 Å². The van der Waals surface area contributed by atoms with Gasteiger partial charge < -0.3 is 9.84 Å². The van der Waals surface area contributed by atoms with Gasteiger partial charge in [-0.25, -0.2) is 0 Å². The fourth-order valence-corrected chi connectivity index (χ4v) is 1.66. The fraction of sp³-hybridized carbons (Fsp3) is 0.188. The van der Waals surface area contributed by atoms with Crippen molar-refractivity contribution in [1.29, 1.82) is 0 Å². The number of nitrogens with zero attached hydrogens (tertiary/aromatic N) is 1. The summed E-state index contributed by atoms with van der Waals surface area (Å²) >= 11 is 0. The lowest BCUT2D eigenvalue weighted by molar-refractivity contribution is 0.318. The molecule has 0 aliphatic heterocycles. The highest BCUT2D eigenvalue weighted by molar-refractivity contribution is 5.83. The van der Waals surface area contributed by atoms with Gasteiger partial charge in [-0.15, -0.1) is 0 Å². The Balaban J connectivity index is 2.18. The summed E-state index contributed by atoms with van der Waals surface area (Å²) in [5, 5.41) is 9.61. The van der Waals surface area contributed by atoms with Crippen molar-refractivity contribution in [3.63, 3.8) is 0 Å². The first-order valence-electron chi connectivity index (χ1n) is 6.25. The second-order valence-corrected chi connectivity index (χ2v) is 4.25. The van der Waals surface area contributed by atoms with Crippen LogP contribution in [0, 0.1) is 6.92 Å². The largest absolute Gasteiger partial charge is 0.504 e. The van der Waals surface area contributed by atoms with Gasteiger partial charge in [-0.05, 0) is 49.7 Å². The van der Waals surface area contributed by atoms with E-state index in [9.17, 15) is 5.11 Å². The molecule has 0 fully saturated rings. The van der Waals surface area contributed by atoms with Gasteiger partial charge in [0.1, 0.15) is 0 Å². The molecule has 0 radical (unpaired) electrons. The van der Waals surface area contributed by atoms with Crippen molar-refractivity contribution in [3.05, 3.63) is 53.6 Å². The van der Waals surface area contributed by atoms with Gasteiger partial charge in [0.05, 0.1) is 12.3 Å². The number of aromatic hydroxyl groups is 1. The Hall–Kier alpha value is -2.29. The van der Waals surface area contributed by atoms with Crippen LogP contribution in [-0.4, -0.2) is 17.9 Å². The lowest BCUT2D eigenvalue weighted by Crippen LogP contribution is -1.93. The molecule has 3 heteroatoms. The molecule has 0 aromatic heterocycles. The number of hydrogen-bond acceptors (Lipinski definition) is 3. The first-order valence-corrected chi connectivity index (χ1v) is 6.25. The van der Waals surface area contributed by atoms with Crippen molar-refractivity contribution in [2.45, 2.75) is 13.8 Å². The Morgan fingerprint density at radius 3 is 2.58 bits per heavy atom. The summed E-state index contributed by atoms with van der Waals surface area (Å²) in [5.74, 6) is 0.629. The van der Waals surface area contributed by atoms with Crippen molar-refractivity contribution >= 4 is 11.9 Å². The predicted octanol–water partition coefficient (Wildman–Crippen LogP) is 3.85. The zero-order valence-corrected chi connectivity index (χ0v) is 11.1. The van der Waals surface area contributed by atoms with Crippen LogP contribution in [0.3, 0.4) is 0 Å². The summed E-state index contributed by atoms with van der Waals surface area (Å²) in [6.07, 6.45) is 1.76.